The van der Waals surface area contributed by atoms with Crippen molar-refractivity contribution in [3.8, 4) is 5.75 Å². The van der Waals surface area contributed by atoms with Crippen LogP contribution in [0.5, 0.6) is 5.75 Å². The van der Waals surface area contributed by atoms with Crippen LogP contribution in [0.3, 0.4) is 0 Å². The first-order chi connectivity index (χ1) is 8.52. The van der Waals surface area contributed by atoms with Crippen LogP contribution in [-0.4, -0.2) is 32.9 Å². The minimum absolute atomic E-state index is 0.143. The molecule has 1 aromatic rings. The summed E-state index contributed by atoms with van der Waals surface area (Å²) in [7, 11) is -2.16. The van der Waals surface area contributed by atoms with E-state index in [1.165, 1.54) is 19.2 Å². The fourth-order valence-electron chi connectivity index (χ4n) is 2.45. The number of benzene rings is 1. The van der Waals surface area contributed by atoms with Crippen LogP contribution in [0.4, 0.5) is 0 Å². The molecule has 1 aliphatic heterocycles. The second-order valence-electron chi connectivity index (χ2n) is 4.57. The van der Waals surface area contributed by atoms with Crippen molar-refractivity contribution in [1.29, 1.82) is 0 Å². The van der Waals surface area contributed by atoms with Crippen LogP contribution >= 0.6 is 0 Å². The summed E-state index contributed by atoms with van der Waals surface area (Å²) in [6.45, 7) is 0.216. The topological polar surface area (TPSA) is 69.7 Å². The minimum Gasteiger partial charge on any atom is -0.497 e. The molecule has 0 radical (unpaired) electrons. The highest BCUT2D eigenvalue weighted by Gasteiger charge is 2.74. The number of cyclic esters (lactones) is 1. The molecule has 0 unspecified atom stereocenters. The standard InChI is InChI=1S/C12H12O5S/c1-16-9-2-4-10(5-3-9)18(14,15)12-6-8(12)7-17-11(12)13/h2-5,8H,6-7H2,1H3/t8-,12+/m0/s1. The zero-order valence-corrected chi connectivity index (χ0v) is 10.6. The van der Waals surface area contributed by atoms with Crippen LogP contribution in [0.2, 0.25) is 0 Å². The van der Waals surface area contributed by atoms with Gasteiger partial charge in [-0.2, -0.15) is 0 Å². The first-order valence-electron chi connectivity index (χ1n) is 5.58. The lowest BCUT2D eigenvalue weighted by Crippen LogP contribution is -2.31. The smallest absolute Gasteiger partial charge is 0.328 e. The second kappa shape index (κ2) is 3.47. The van der Waals surface area contributed by atoms with Gasteiger partial charge in [-0.05, 0) is 30.7 Å². The predicted molar refractivity (Wildman–Crippen MR) is 62.0 cm³/mol. The molecule has 18 heavy (non-hydrogen) atoms. The Bertz CT molecular complexity index is 604. The Morgan fingerprint density at radius 2 is 2.00 bits per heavy atom. The highest BCUT2D eigenvalue weighted by Crippen LogP contribution is 2.57. The molecule has 0 bridgehead atoms. The van der Waals surface area contributed by atoms with Gasteiger partial charge in [-0.1, -0.05) is 0 Å². The van der Waals surface area contributed by atoms with Crippen LogP contribution in [-0.2, 0) is 19.4 Å². The van der Waals surface area contributed by atoms with E-state index >= 15 is 0 Å². The van der Waals surface area contributed by atoms with E-state index in [-0.39, 0.29) is 17.4 Å². The zero-order chi connectivity index (χ0) is 13.0. The Morgan fingerprint density at radius 3 is 2.44 bits per heavy atom. The summed E-state index contributed by atoms with van der Waals surface area (Å²) >= 11 is 0. The second-order valence-corrected chi connectivity index (χ2v) is 6.77. The highest BCUT2D eigenvalue weighted by molar-refractivity contribution is 7.94. The molecule has 3 rings (SSSR count). The Morgan fingerprint density at radius 1 is 1.33 bits per heavy atom. The Labute approximate surface area is 105 Å². The molecule has 2 fully saturated rings. The maximum atomic E-state index is 12.5. The van der Waals surface area contributed by atoms with Crippen molar-refractivity contribution in [1.82, 2.24) is 0 Å². The molecule has 0 aromatic heterocycles. The summed E-state index contributed by atoms with van der Waals surface area (Å²) in [6, 6.07) is 6.07. The third-order valence-electron chi connectivity index (χ3n) is 3.66. The molecule has 2 aliphatic rings. The van der Waals surface area contributed by atoms with Gasteiger partial charge in [-0.15, -0.1) is 0 Å². The number of ether oxygens (including phenoxy) is 2. The van der Waals surface area contributed by atoms with Crippen LogP contribution < -0.4 is 4.74 Å². The fourth-order valence-corrected chi connectivity index (χ4v) is 4.57. The van der Waals surface area contributed by atoms with Crippen molar-refractivity contribution in [2.24, 2.45) is 5.92 Å². The number of sulfone groups is 1. The number of fused-ring (bicyclic) bond motifs is 1. The Hall–Kier alpha value is -1.56. The van der Waals surface area contributed by atoms with Crippen LogP contribution in [0.25, 0.3) is 0 Å². The van der Waals surface area contributed by atoms with E-state index < -0.39 is 20.6 Å². The largest absolute Gasteiger partial charge is 0.497 e. The van der Waals surface area contributed by atoms with Crippen LogP contribution in [0.1, 0.15) is 6.42 Å². The van der Waals surface area contributed by atoms with E-state index in [1.54, 1.807) is 12.1 Å². The van der Waals surface area contributed by atoms with Crippen molar-refractivity contribution in [3.63, 3.8) is 0 Å². The SMILES string of the molecule is COc1ccc(S(=O)(=O)[C@]23C[C@H]2COC3=O)cc1. The molecule has 0 spiro atoms. The van der Waals surface area contributed by atoms with Crippen LogP contribution in [0, 0.1) is 5.92 Å². The van der Waals surface area contributed by atoms with Gasteiger partial charge in [0.15, 0.2) is 14.6 Å². The van der Waals surface area contributed by atoms with Crippen molar-refractivity contribution < 1.29 is 22.7 Å². The number of hydrogen-bond acceptors (Lipinski definition) is 5. The summed E-state index contributed by atoms with van der Waals surface area (Å²) in [5.41, 5.74) is 0. The monoisotopic (exact) mass is 268 g/mol. The highest BCUT2D eigenvalue weighted by atomic mass is 32.2. The maximum absolute atomic E-state index is 12.5. The lowest BCUT2D eigenvalue weighted by Gasteiger charge is -2.11. The number of rotatable bonds is 3. The van der Waals surface area contributed by atoms with Crippen molar-refractivity contribution in [2.75, 3.05) is 13.7 Å². The summed E-state index contributed by atoms with van der Waals surface area (Å²) < 4.78 is 33.4. The molecule has 1 saturated carbocycles. The van der Waals surface area contributed by atoms with Gasteiger partial charge < -0.3 is 9.47 Å². The van der Waals surface area contributed by atoms with E-state index in [4.69, 9.17) is 9.47 Å². The molecule has 2 atom stereocenters. The zero-order valence-electron chi connectivity index (χ0n) is 9.75. The lowest BCUT2D eigenvalue weighted by atomic mass is 10.3. The van der Waals surface area contributed by atoms with Gasteiger partial charge in [0.1, 0.15) is 5.75 Å². The van der Waals surface area contributed by atoms with Crippen LogP contribution in [0.15, 0.2) is 29.2 Å². The van der Waals surface area contributed by atoms with Gasteiger partial charge in [0.25, 0.3) is 0 Å². The van der Waals surface area contributed by atoms with Gasteiger partial charge in [-0.3, -0.25) is 4.79 Å². The number of methoxy groups -OCH3 is 1. The predicted octanol–water partition coefficient (Wildman–Crippen LogP) is 0.784. The summed E-state index contributed by atoms with van der Waals surface area (Å²) in [4.78, 5) is 11.8. The number of esters is 1. The van der Waals surface area contributed by atoms with E-state index in [0.717, 1.165) is 0 Å². The molecule has 6 heteroatoms. The maximum Gasteiger partial charge on any atom is 0.328 e. The molecule has 1 saturated heterocycles. The van der Waals surface area contributed by atoms with Crippen molar-refractivity contribution in [3.05, 3.63) is 24.3 Å². The van der Waals surface area contributed by atoms with Gasteiger partial charge in [0.2, 0.25) is 0 Å². The molecular weight excluding hydrogens is 256 g/mol. The van der Waals surface area contributed by atoms with E-state index in [0.29, 0.717) is 12.2 Å². The Kier molecular flexibility index (Phi) is 2.22. The number of carbonyl (C=O) groups excluding carboxylic acids is 1. The molecule has 1 heterocycles. The summed E-state index contributed by atoms with van der Waals surface area (Å²) in [6.07, 6.45) is 0.375. The molecule has 1 aliphatic carbocycles. The first kappa shape index (κ1) is 11.5. The minimum atomic E-state index is -3.67. The molecule has 0 amide bonds. The summed E-state index contributed by atoms with van der Waals surface area (Å²) in [5, 5.41) is 0. The van der Waals surface area contributed by atoms with E-state index in [1.807, 2.05) is 0 Å². The fraction of sp³-hybridized carbons (Fsp3) is 0.417. The summed E-state index contributed by atoms with van der Waals surface area (Å²) in [5.74, 6) is -0.215. The van der Waals surface area contributed by atoms with Crippen molar-refractivity contribution in [2.45, 2.75) is 16.1 Å². The van der Waals surface area contributed by atoms with E-state index in [2.05, 4.69) is 0 Å². The quantitative estimate of drug-likeness (QED) is 0.758. The third-order valence-corrected chi connectivity index (χ3v) is 6.18. The molecular formula is C12H12O5S. The average molecular weight is 268 g/mol. The normalized spacial score (nSPS) is 29.6. The van der Waals surface area contributed by atoms with Gasteiger partial charge in [0, 0.05) is 5.92 Å². The van der Waals surface area contributed by atoms with Gasteiger partial charge in [-0.25, -0.2) is 8.42 Å². The first-order valence-corrected chi connectivity index (χ1v) is 7.06. The molecule has 1 aromatic carbocycles. The lowest BCUT2D eigenvalue weighted by molar-refractivity contribution is -0.140. The van der Waals surface area contributed by atoms with Crippen molar-refractivity contribution >= 4 is 15.8 Å². The number of hydrogen-bond donors (Lipinski definition) is 0. The third kappa shape index (κ3) is 1.26. The van der Waals surface area contributed by atoms with E-state index in [9.17, 15) is 13.2 Å². The average Bonchev–Trinajstić information content (AvgIpc) is 3.05. The van der Waals surface area contributed by atoms with Gasteiger partial charge >= 0.3 is 5.97 Å². The molecule has 0 N–H and O–H groups in total. The molecule has 96 valence electrons. The Balaban J connectivity index is 2.03. The van der Waals surface area contributed by atoms with Gasteiger partial charge in [0.05, 0.1) is 18.6 Å². The number of carbonyl (C=O) groups is 1. The molecule has 5 nitrogen and oxygen atoms in total.